The fourth-order valence-electron chi connectivity index (χ4n) is 1.87. The summed E-state index contributed by atoms with van der Waals surface area (Å²) in [6.07, 6.45) is 4.08. The molecule has 0 radical (unpaired) electrons. The Hall–Kier alpha value is 0.314. The average Bonchev–Trinajstić information content (AvgIpc) is 2.32. The molecule has 5 heteroatoms. The van der Waals surface area contributed by atoms with Gasteiger partial charge in [0.25, 0.3) is 0 Å². The zero-order valence-electron chi connectivity index (χ0n) is 12.0. The molecule has 0 saturated carbocycles. The first-order valence-corrected chi connectivity index (χ1v) is 10.3. The molecule has 1 aliphatic heterocycles. The molecule has 3 nitrogen and oxygen atoms in total. The predicted molar refractivity (Wildman–Crippen MR) is 79.2 cm³/mol. The molecule has 1 heterocycles. The molecule has 0 bridgehead atoms. The van der Waals surface area contributed by atoms with E-state index in [0.717, 1.165) is 30.1 Å². The summed E-state index contributed by atoms with van der Waals surface area (Å²) in [4.78, 5) is 0. The van der Waals surface area contributed by atoms with Crippen LogP contribution in [0.25, 0.3) is 0 Å². The van der Waals surface area contributed by atoms with Gasteiger partial charge < -0.3 is 13.9 Å². The Morgan fingerprint density at radius 3 is 2.24 bits per heavy atom. The molecule has 1 fully saturated rings. The second kappa shape index (κ2) is 12.8. The molecule has 1 rings (SSSR count). The van der Waals surface area contributed by atoms with Crippen molar-refractivity contribution in [2.45, 2.75) is 58.0 Å². The molecule has 1 aliphatic rings. The summed E-state index contributed by atoms with van der Waals surface area (Å²) in [6.45, 7) is 8.79. The van der Waals surface area contributed by atoms with E-state index in [9.17, 15) is 0 Å². The lowest BCUT2D eigenvalue weighted by molar-refractivity contribution is -0.0801. The Bertz CT molecular complexity index is 144. The van der Waals surface area contributed by atoms with Crippen molar-refractivity contribution in [3.63, 3.8) is 0 Å². The van der Waals surface area contributed by atoms with Crippen LogP contribution in [-0.4, -0.2) is 45.0 Å². The molecule has 0 spiro atoms. The minimum atomic E-state index is -0.626. The molecule has 0 aromatic rings. The van der Waals surface area contributed by atoms with Crippen molar-refractivity contribution in [2.75, 3.05) is 19.8 Å². The van der Waals surface area contributed by atoms with Crippen LogP contribution in [0, 0.1) is 0 Å². The van der Waals surface area contributed by atoms with E-state index in [1.807, 2.05) is 13.8 Å². The van der Waals surface area contributed by atoms with E-state index in [-0.39, 0.29) is 5.91 Å². The summed E-state index contributed by atoms with van der Waals surface area (Å²) >= 11 is 0. The maximum absolute atomic E-state index is 5.66. The van der Waals surface area contributed by atoms with E-state index >= 15 is 0 Å². The Labute approximate surface area is 111 Å². The molecule has 1 atom stereocenters. The second-order valence-corrected chi connectivity index (χ2v) is 7.93. The first kappa shape index (κ1) is 17.3. The topological polar surface area (TPSA) is 27.7 Å². The minimum absolute atomic E-state index is 0.102. The quantitative estimate of drug-likeness (QED) is 0.546. The van der Waals surface area contributed by atoms with Gasteiger partial charge in [-0.05, 0) is 32.4 Å². The van der Waals surface area contributed by atoms with E-state index in [4.69, 9.17) is 13.9 Å². The highest BCUT2D eigenvalue weighted by atomic mass is 28.3. The lowest BCUT2D eigenvalue weighted by atomic mass is 10.4. The van der Waals surface area contributed by atoms with Gasteiger partial charge in [0.05, 0.1) is 10.2 Å². The molecule has 0 N–H and O–H groups in total. The number of ether oxygens (including phenoxy) is 2. The summed E-state index contributed by atoms with van der Waals surface area (Å²) in [5, 5.41) is 0. The largest absolute Gasteiger partial charge is 0.420 e. The van der Waals surface area contributed by atoms with Crippen LogP contribution in [0.2, 0.25) is 12.1 Å². The number of rotatable bonds is 6. The fraction of sp³-hybridized carbons (Fsp3) is 1.00. The van der Waals surface area contributed by atoms with Crippen LogP contribution in [0.4, 0.5) is 0 Å². The lowest BCUT2D eigenvalue weighted by Crippen LogP contribution is -2.22. The fourth-order valence-corrected chi connectivity index (χ4v) is 5.05. The molecule has 0 aromatic carbocycles. The summed E-state index contributed by atoms with van der Waals surface area (Å²) in [5.74, 6) is 0.102. The molecule has 0 aliphatic carbocycles. The molecule has 0 amide bonds. The van der Waals surface area contributed by atoms with Crippen molar-refractivity contribution < 1.29 is 13.9 Å². The Morgan fingerprint density at radius 2 is 1.82 bits per heavy atom. The molecule has 1 saturated heterocycles. The molecular weight excluding hydrogens is 248 g/mol. The van der Waals surface area contributed by atoms with Gasteiger partial charge in [-0.3, -0.25) is 0 Å². The zero-order valence-corrected chi connectivity index (χ0v) is 15.2. The van der Waals surface area contributed by atoms with E-state index in [0.29, 0.717) is 0 Å². The van der Waals surface area contributed by atoms with Gasteiger partial charge in [0.1, 0.15) is 5.91 Å². The van der Waals surface area contributed by atoms with E-state index in [1.165, 1.54) is 31.4 Å². The summed E-state index contributed by atoms with van der Waals surface area (Å²) < 4.78 is 15.9. The van der Waals surface area contributed by atoms with E-state index in [2.05, 4.69) is 6.92 Å². The summed E-state index contributed by atoms with van der Waals surface area (Å²) in [7, 11) is 0.338. The lowest BCUT2D eigenvalue weighted by Gasteiger charge is -2.19. The monoisotopic (exact) mass is 278 g/mol. The second-order valence-electron chi connectivity index (χ2n) is 4.26. The van der Waals surface area contributed by atoms with Gasteiger partial charge in [-0.2, -0.15) is 0 Å². The highest BCUT2D eigenvalue weighted by Crippen LogP contribution is 2.14. The van der Waals surface area contributed by atoms with Gasteiger partial charge >= 0.3 is 0 Å². The normalized spacial score (nSPS) is 20.1. The van der Waals surface area contributed by atoms with Gasteiger partial charge in [0.2, 0.25) is 0 Å². The van der Waals surface area contributed by atoms with Gasteiger partial charge in [0, 0.05) is 19.8 Å². The van der Waals surface area contributed by atoms with Crippen molar-refractivity contribution in [1.29, 1.82) is 0 Å². The standard InChI is InChI=1S/C7H16OSi.C5H14O2Si/c1-2-6-9-7-4-3-5-8-9;1-3-6-5(8)7-4-2/h9H,2-7H2,1H3;5H,3-4H2,1-2,8H3. The average molecular weight is 279 g/mol. The van der Waals surface area contributed by atoms with Crippen LogP contribution in [0.5, 0.6) is 0 Å². The third-order valence-corrected chi connectivity index (χ3v) is 6.33. The van der Waals surface area contributed by atoms with Crippen LogP contribution in [0.3, 0.4) is 0 Å². The van der Waals surface area contributed by atoms with Crippen molar-refractivity contribution in [3.05, 3.63) is 0 Å². The van der Waals surface area contributed by atoms with Crippen molar-refractivity contribution in [2.24, 2.45) is 0 Å². The highest BCUT2D eigenvalue weighted by Gasteiger charge is 2.13. The van der Waals surface area contributed by atoms with Crippen LogP contribution in [0.1, 0.15) is 40.0 Å². The molecule has 1 unspecified atom stereocenters. The van der Waals surface area contributed by atoms with E-state index in [1.54, 1.807) is 0 Å². The maximum Gasteiger partial charge on any atom is 0.176 e. The van der Waals surface area contributed by atoms with Crippen molar-refractivity contribution in [1.82, 2.24) is 0 Å². The first-order chi connectivity index (χ1) is 8.24. The maximum atomic E-state index is 5.66. The van der Waals surface area contributed by atoms with Gasteiger partial charge in [0.15, 0.2) is 9.04 Å². The predicted octanol–water partition coefficient (Wildman–Crippen LogP) is 1.64. The van der Waals surface area contributed by atoms with E-state index < -0.39 is 9.04 Å². The molecule has 0 aromatic heterocycles. The summed E-state index contributed by atoms with van der Waals surface area (Å²) in [5.41, 5.74) is 0. The molecule has 104 valence electrons. The Kier molecular flexibility index (Phi) is 13.0. The number of hydrogen-bond acceptors (Lipinski definition) is 3. The van der Waals surface area contributed by atoms with Gasteiger partial charge in [-0.1, -0.05) is 19.8 Å². The van der Waals surface area contributed by atoms with Gasteiger partial charge in [-0.25, -0.2) is 0 Å². The third kappa shape index (κ3) is 11.2. The minimum Gasteiger partial charge on any atom is -0.420 e. The molecular formula is C12H30O3Si2. The highest BCUT2D eigenvalue weighted by molar-refractivity contribution is 6.51. The number of hydrogen-bond donors (Lipinski definition) is 0. The van der Waals surface area contributed by atoms with Crippen molar-refractivity contribution in [3.8, 4) is 0 Å². The van der Waals surface area contributed by atoms with Crippen LogP contribution in [-0.2, 0) is 13.9 Å². The molecule has 17 heavy (non-hydrogen) atoms. The first-order valence-electron chi connectivity index (χ1n) is 7.09. The SMILES string of the molecule is CCC[SiH]1CCCCO1.CCOC([SiH3])OCC. The summed E-state index contributed by atoms with van der Waals surface area (Å²) in [6, 6.07) is 2.84. The third-order valence-electron chi connectivity index (χ3n) is 2.69. The Morgan fingerprint density at radius 1 is 1.18 bits per heavy atom. The van der Waals surface area contributed by atoms with Crippen LogP contribution in [0.15, 0.2) is 0 Å². The van der Waals surface area contributed by atoms with Crippen LogP contribution < -0.4 is 0 Å². The van der Waals surface area contributed by atoms with Crippen molar-refractivity contribution >= 4 is 19.3 Å². The Balaban J connectivity index is 0.000000304. The van der Waals surface area contributed by atoms with Crippen LogP contribution >= 0.6 is 0 Å². The zero-order chi connectivity index (χ0) is 12.9. The van der Waals surface area contributed by atoms with Gasteiger partial charge in [-0.15, -0.1) is 0 Å². The smallest absolute Gasteiger partial charge is 0.176 e.